The van der Waals surface area contributed by atoms with Crippen molar-refractivity contribution in [1.29, 1.82) is 0 Å². The Labute approximate surface area is 133 Å². The van der Waals surface area contributed by atoms with Gasteiger partial charge in [0.05, 0.1) is 18.8 Å². The summed E-state index contributed by atoms with van der Waals surface area (Å²) in [7, 11) is 0. The number of aryl methyl sites for hydroxylation is 1. The van der Waals surface area contributed by atoms with Crippen LogP contribution in [0.25, 0.3) is 11.1 Å². The van der Waals surface area contributed by atoms with Crippen LogP contribution in [0.1, 0.15) is 40.4 Å². The molecule has 122 valence electrons. The van der Waals surface area contributed by atoms with E-state index < -0.39 is 17.8 Å². The minimum atomic E-state index is -0.649. The number of halogens is 1. The van der Waals surface area contributed by atoms with Gasteiger partial charge in [-0.3, -0.25) is 0 Å². The Morgan fingerprint density at radius 1 is 1.09 bits per heavy atom. The van der Waals surface area contributed by atoms with Crippen LogP contribution in [0.5, 0.6) is 0 Å². The van der Waals surface area contributed by atoms with E-state index in [9.17, 15) is 14.0 Å². The molecule has 1 N–H and O–H groups in total. The molecule has 0 aliphatic carbocycles. The summed E-state index contributed by atoms with van der Waals surface area (Å²) in [4.78, 5) is 27.2. The van der Waals surface area contributed by atoms with Crippen molar-refractivity contribution >= 4 is 11.9 Å². The van der Waals surface area contributed by atoms with E-state index in [4.69, 9.17) is 9.47 Å². The van der Waals surface area contributed by atoms with Crippen molar-refractivity contribution in [2.75, 3.05) is 13.2 Å². The molecule has 6 heteroatoms. The third-order valence-electron chi connectivity index (χ3n) is 3.29. The first-order valence-electron chi connectivity index (χ1n) is 7.32. The molecular formula is C17H18FNO4. The number of aromatic amines is 1. The molecule has 0 bridgehead atoms. The van der Waals surface area contributed by atoms with E-state index in [1.807, 2.05) is 0 Å². The SMILES string of the molecule is CCOC(=O)c1[nH]c(C)c(C(=O)OCC)c1-c1ccccc1F. The zero-order chi connectivity index (χ0) is 17.0. The third-order valence-corrected chi connectivity index (χ3v) is 3.29. The number of nitrogens with one attached hydrogen (secondary N) is 1. The highest BCUT2D eigenvalue weighted by Gasteiger charge is 2.28. The lowest BCUT2D eigenvalue weighted by molar-refractivity contribution is 0.0518. The van der Waals surface area contributed by atoms with Gasteiger partial charge < -0.3 is 14.5 Å². The first kappa shape index (κ1) is 16.7. The van der Waals surface area contributed by atoms with Crippen molar-refractivity contribution in [3.63, 3.8) is 0 Å². The molecule has 1 aromatic carbocycles. The molecule has 0 fully saturated rings. The molecule has 0 saturated carbocycles. The summed E-state index contributed by atoms with van der Waals surface area (Å²) in [5.74, 6) is -1.80. The van der Waals surface area contributed by atoms with E-state index in [1.165, 1.54) is 18.2 Å². The maximum absolute atomic E-state index is 14.2. The molecule has 2 aromatic rings. The Balaban J connectivity index is 2.71. The molecule has 0 amide bonds. The summed E-state index contributed by atoms with van der Waals surface area (Å²) in [6, 6.07) is 5.93. The number of benzene rings is 1. The van der Waals surface area contributed by atoms with Crippen molar-refractivity contribution in [3.8, 4) is 11.1 Å². The summed E-state index contributed by atoms with van der Waals surface area (Å²) < 4.78 is 24.2. The molecule has 0 radical (unpaired) electrons. The van der Waals surface area contributed by atoms with E-state index in [0.717, 1.165) is 0 Å². The maximum Gasteiger partial charge on any atom is 0.355 e. The van der Waals surface area contributed by atoms with Gasteiger partial charge in [0.1, 0.15) is 11.5 Å². The standard InChI is InChI=1S/C17H18FNO4/c1-4-22-16(20)13-10(3)19-15(17(21)23-5-2)14(13)11-8-6-7-9-12(11)18/h6-9,19H,4-5H2,1-3H3. The zero-order valence-electron chi connectivity index (χ0n) is 13.2. The molecule has 0 atom stereocenters. The van der Waals surface area contributed by atoms with Crippen molar-refractivity contribution in [1.82, 2.24) is 4.98 Å². The number of carbonyl (C=O) groups excluding carboxylic acids is 2. The Bertz CT molecular complexity index is 736. The van der Waals surface area contributed by atoms with Crippen LogP contribution in [-0.4, -0.2) is 30.1 Å². The van der Waals surface area contributed by atoms with Crippen molar-refractivity contribution in [3.05, 3.63) is 47.0 Å². The Hall–Kier alpha value is -2.63. The average Bonchev–Trinajstić information content (AvgIpc) is 2.85. The molecule has 0 unspecified atom stereocenters. The number of H-pyrrole nitrogens is 1. The third kappa shape index (κ3) is 3.26. The van der Waals surface area contributed by atoms with Crippen LogP contribution < -0.4 is 0 Å². The van der Waals surface area contributed by atoms with Gasteiger partial charge in [-0.2, -0.15) is 0 Å². The molecule has 2 rings (SSSR count). The minimum Gasteiger partial charge on any atom is -0.462 e. The largest absolute Gasteiger partial charge is 0.462 e. The minimum absolute atomic E-state index is 0.0394. The van der Waals surface area contributed by atoms with Gasteiger partial charge in [-0.1, -0.05) is 18.2 Å². The molecule has 0 aliphatic rings. The van der Waals surface area contributed by atoms with Crippen LogP contribution in [0, 0.1) is 12.7 Å². The van der Waals surface area contributed by atoms with Gasteiger partial charge in [-0.25, -0.2) is 14.0 Å². The van der Waals surface area contributed by atoms with Crippen molar-refractivity contribution < 1.29 is 23.5 Å². The van der Waals surface area contributed by atoms with E-state index in [-0.39, 0.29) is 35.6 Å². The number of carbonyl (C=O) groups is 2. The predicted molar refractivity (Wildman–Crippen MR) is 82.8 cm³/mol. The quantitative estimate of drug-likeness (QED) is 0.857. The van der Waals surface area contributed by atoms with Crippen LogP contribution in [0.2, 0.25) is 0 Å². The van der Waals surface area contributed by atoms with E-state index in [0.29, 0.717) is 5.69 Å². The summed E-state index contributed by atoms with van der Waals surface area (Å²) in [5.41, 5.74) is 0.905. The predicted octanol–water partition coefficient (Wildman–Crippen LogP) is 3.48. The van der Waals surface area contributed by atoms with Crippen LogP contribution in [-0.2, 0) is 9.47 Å². The summed E-state index contributed by atoms with van der Waals surface area (Å²) >= 11 is 0. The van der Waals surface area contributed by atoms with Gasteiger partial charge in [0, 0.05) is 16.8 Å². The van der Waals surface area contributed by atoms with Crippen molar-refractivity contribution in [2.24, 2.45) is 0 Å². The van der Waals surface area contributed by atoms with E-state index in [2.05, 4.69) is 4.98 Å². The Kier molecular flexibility index (Phi) is 5.16. The molecule has 1 heterocycles. The summed E-state index contributed by atoms with van der Waals surface area (Å²) in [6.07, 6.45) is 0. The summed E-state index contributed by atoms with van der Waals surface area (Å²) in [6.45, 7) is 5.31. The second-order valence-electron chi connectivity index (χ2n) is 4.80. The van der Waals surface area contributed by atoms with Gasteiger partial charge in [0.2, 0.25) is 0 Å². The number of esters is 2. The van der Waals surface area contributed by atoms with Gasteiger partial charge in [0.15, 0.2) is 0 Å². The van der Waals surface area contributed by atoms with Gasteiger partial charge in [0.25, 0.3) is 0 Å². The first-order chi connectivity index (χ1) is 11.0. The Morgan fingerprint density at radius 3 is 2.30 bits per heavy atom. The molecule has 23 heavy (non-hydrogen) atoms. The second kappa shape index (κ2) is 7.09. The van der Waals surface area contributed by atoms with E-state index in [1.54, 1.807) is 26.8 Å². The van der Waals surface area contributed by atoms with Crippen LogP contribution >= 0.6 is 0 Å². The molecule has 0 spiro atoms. The zero-order valence-corrected chi connectivity index (χ0v) is 13.2. The van der Waals surface area contributed by atoms with Crippen molar-refractivity contribution in [2.45, 2.75) is 20.8 Å². The number of hydrogen-bond acceptors (Lipinski definition) is 4. The smallest absolute Gasteiger partial charge is 0.355 e. The second-order valence-corrected chi connectivity index (χ2v) is 4.80. The van der Waals surface area contributed by atoms with Gasteiger partial charge >= 0.3 is 11.9 Å². The molecule has 0 saturated heterocycles. The molecule has 5 nitrogen and oxygen atoms in total. The highest BCUT2D eigenvalue weighted by atomic mass is 19.1. The fourth-order valence-electron chi connectivity index (χ4n) is 2.37. The lowest BCUT2D eigenvalue weighted by atomic mass is 9.99. The van der Waals surface area contributed by atoms with Gasteiger partial charge in [-0.05, 0) is 26.8 Å². The summed E-state index contributed by atoms with van der Waals surface area (Å²) in [5, 5.41) is 0. The first-order valence-corrected chi connectivity index (χ1v) is 7.32. The average molecular weight is 319 g/mol. The van der Waals surface area contributed by atoms with Crippen LogP contribution in [0.3, 0.4) is 0 Å². The van der Waals surface area contributed by atoms with Crippen LogP contribution in [0.15, 0.2) is 24.3 Å². The maximum atomic E-state index is 14.2. The monoisotopic (exact) mass is 319 g/mol. The normalized spacial score (nSPS) is 10.4. The highest BCUT2D eigenvalue weighted by molar-refractivity contribution is 6.06. The van der Waals surface area contributed by atoms with Gasteiger partial charge in [-0.15, -0.1) is 0 Å². The fourth-order valence-corrected chi connectivity index (χ4v) is 2.37. The Morgan fingerprint density at radius 2 is 1.70 bits per heavy atom. The lowest BCUT2D eigenvalue weighted by Gasteiger charge is -2.08. The number of ether oxygens (including phenoxy) is 2. The molecular weight excluding hydrogens is 301 g/mol. The number of aromatic nitrogens is 1. The van der Waals surface area contributed by atoms with E-state index >= 15 is 0 Å². The number of rotatable bonds is 5. The molecule has 1 aromatic heterocycles. The lowest BCUT2D eigenvalue weighted by Crippen LogP contribution is -2.09. The topological polar surface area (TPSA) is 68.4 Å². The number of hydrogen-bond donors (Lipinski definition) is 1. The molecule has 0 aliphatic heterocycles. The highest BCUT2D eigenvalue weighted by Crippen LogP contribution is 2.33. The fraction of sp³-hybridized carbons (Fsp3) is 0.294. The van der Waals surface area contributed by atoms with Crippen LogP contribution in [0.4, 0.5) is 4.39 Å².